The maximum Gasteiger partial charge on any atom is 0.256 e. The number of benzene rings is 1. The van der Waals surface area contributed by atoms with Crippen LogP contribution in [0.1, 0.15) is 12.5 Å². The first-order chi connectivity index (χ1) is 7.74. The van der Waals surface area contributed by atoms with Crippen LogP contribution in [0.4, 0.5) is 0 Å². The topological polar surface area (TPSA) is 34.9 Å². The van der Waals surface area contributed by atoms with Gasteiger partial charge in [0, 0.05) is 23.9 Å². The molecule has 82 valence electrons. The summed E-state index contributed by atoms with van der Waals surface area (Å²) in [4.78, 5) is 16.3. The van der Waals surface area contributed by atoms with Gasteiger partial charge in [0.15, 0.2) is 0 Å². The van der Waals surface area contributed by atoms with Gasteiger partial charge in [0.05, 0.1) is 0 Å². The third-order valence-electron chi connectivity index (χ3n) is 2.57. The molecule has 3 heteroatoms. The molecule has 0 aliphatic rings. The molecule has 16 heavy (non-hydrogen) atoms. The molecule has 0 fully saturated rings. The molecule has 3 nitrogen and oxygen atoms in total. The van der Waals surface area contributed by atoms with Crippen molar-refractivity contribution in [1.82, 2.24) is 9.55 Å². The third-order valence-corrected chi connectivity index (χ3v) is 2.57. The smallest absolute Gasteiger partial charge is 0.256 e. The SMILES string of the molecule is CCn1c(-c2ccccc2)ncc(C)c1=O. The summed E-state index contributed by atoms with van der Waals surface area (Å²) in [5.41, 5.74) is 1.69. The quantitative estimate of drug-likeness (QED) is 0.768. The van der Waals surface area contributed by atoms with E-state index in [2.05, 4.69) is 4.98 Å². The van der Waals surface area contributed by atoms with Gasteiger partial charge in [-0.25, -0.2) is 4.98 Å². The third kappa shape index (κ3) is 1.76. The fourth-order valence-electron chi connectivity index (χ4n) is 1.70. The Hall–Kier alpha value is -1.90. The molecule has 0 N–H and O–H groups in total. The van der Waals surface area contributed by atoms with Crippen LogP contribution in [0.2, 0.25) is 0 Å². The molecule has 0 radical (unpaired) electrons. The Balaban J connectivity index is 2.67. The molecule has 0 aliphatic carbocycles. The van der Waals surface area contributed by atoms with Gasteiger partial charge in [-0.1, -0.05) is 30.3 Å². The average molecular weight is 214 g/mol. The lowest BCUT2D eigenvalue weighted by Crippen LogP contribution is -2.24. The monoisotopic (exact) mass is 214 g/mol. The zero-order chi connectivity index (χ0) is 11.5. The van der Waals surface area contributed by atoms with Crippen LogP contribution in [0.25, 0.3) is 11.4 Å². The number of nitrogens with zero attached hydrogens (tertiary/aromatic N) is 2. The van der Waals surface area contributed by atoms with Gasteiger partial charge < -0.3 is 0 Å². The summed E-state index contributed by atoms with van der Waals surface area (Å²) in [7, 11) is 0. The Morgan fingerprint density at radius 3 is 2.56 bits per heavy atom. The summed E-state index contributed by atoms with van der Waals surface area (Å²) in [5, 5.41) is 0. The minimum Gasteiger partial charge on any atom is -0.293 e. The molecule has 2 aromatic rings. The first-order valence-corrected chi connectivity index (χ1v) is 5.36. The molecule has 0 atom stereocenters. The first kappa shape index (κ1) is 10.6. The van der Waals surface area contributed by atoms with Crippen LogP contribution in [0.5, 0.6) is 0 Å². The molecule has 1 aromatic heterocycles. The minimum absolute atomic E-state index is 0.0383. The summed E-state index contributed by atoms with van der Waals surface area (Å²) < 4.78 is 1.70. The van der Waals surface area contributed by atoms with Gasteiger partial charge in [-0.05, 0) is 13.8 Å². The highest BCUT2D eigenvalue weighted by Gasteiger charge is 2.07. The molecule has 0 unspecified atom stereocenters. The summed E-state index contributed by atoms with van der Waals surface area (Å²) in [5.74, 6) is 0.735. The molecular formula is C13H14N2O. The van der Waals surface area contributed by atoms with Crippen molar-refractivity contribution in [2.45, 2.75) is 20.4 Å². The van der Waals surface area contributed by atoms with Gasteiger partial charge in [0.25, 0.3) is 5.56 Å². The molecule has 0 bridgehead atoms. The van der Waals surface area contributed by atoms with Crippen molar-refractivity contribution in [3.8, 4) is 11.4 Å². The van der Waals surface area contributed by atoms with Gasteiger partial charge in [-0.15, -0.1) is 0 Å². The van der Waals surface area contributed by atoms with E-state index in [0.717, 1.165) is 11.4 Å². The van der Waals surface area contributed by atoms with Crippen LogP contribution in [0.3, 0.4) is 0 Å². The molecule has 0 spiro atoms. The zero-order valence-corrected chi connectivity index (χ0v) is 9.47. The van der Waals surface area contributed by atoms with Gasteiger partial charge in [-0.3, -0.25) is 9.36 Å². The Labute approximate surface area is 94.4 Å². The molecule has 0 saturated carbocycles. The van der Waals surface area contributed by atoms with E-state index < -0.39 is 0 Å². The second-order valence-electron chi connectivity index (χ2n) is 3.68. The van der Waals surface area contributed by atoms with E-state index >= 15 is 0 Å². The number of aryl methyl sites for hydroxylation is 1. The lowest BCUT2D eigenvalue weighted by molar-refractivity contribution is 0.710. The van der Waals surface area contributed by atoms with E-state index in [1.54, 1.807) is 17.7 Å². The summed E-state index contributed by atoms with van der Waals surface area (Å²) >= 11 is 0. The van der Waals surface area contributed by atoms with Crippen LogP contribution in [-0.2, 0) is 6.54 Å². The fourth-order valence-corrected chi connectivity index (χ4v) is 1.70. The van der Waals surface area contributed by atoms with E-state index in [0.29, 0.717) is 12.1 Å². The average Bonchev–Trinajstić information content (AvgIpc) is 2.33. The fraction of sp³-hybridized carbons (Fsp3) is 0.231. The van der Waals surface area contributed by atoms with Crippen molar-refractivity contribution in [1.29, 1.82) is 0 Å². The number of hydrogen-bond acceptors (Lipinski definition) is 2. The number of rotatable bonds is 2. The van der Waals surface area contributed by atoms with Crippen molar-refractivity contribution in [2.24, 2.45) is 0 Å². The molecule has 0 amide bonds. The van der Waals surface area contributed by atoms with E-state index in [1.165, 1.54) is 0 Å². The number of aromatic nitrogens is 2. The van der Waals surface area contributed by atoms with Crippen molar-refractivity contribution in [2.75, 3.05) is 0 Å². The standard InChI is InChI=1S/C13H14N2O/c1-3-15-12(11-7-5-4-6-8-11)14-9-10(2)13(15)16/h4-9H,3H2,1-2H3. The van der Waals surface area contributed by atoms with Crippen LogP contribution in [0, 0.1) is 6.92 Å². The Kier molecular flexibility index (Phi) is 2.86. The Morgan fingerprint density at radius 1 is 1.25 bits per heavy atom. The van der Waals surface area contributed by atoms with Gasteiger partial charge in [-0.2, -0.15) is 0 Å². The summed E-state index contributed by atoms with van der Waals surface area (Å²) in [6, 6.07) is 9.77. The zero-order valence-electron chi connectivity index (χ0n) is 9.47. The van der Waals surface area contributed by atoms with Crippen molar-refractivity contribution in [3.63, 3.8) is 0 Å². The largest absolute Gasteiger partial charge is 0.293 e. The summed E-state index contributed by atoms with van der Waals surface area (Å²) in [6.45, 7) is 4.38. The van der Waals surface area contributed by atoms with Crippen molar-refractivity contribution < 1.29 is 0 Å². The highest BCUT2D eigenvalue weighted by molar-refractivity contribution is 5.54. The highest BCUT2D eigenvalue weighted by Crippen LogP contribution is 2.14. The maximum atomic E-state index is 11.9. The van der Waals surface area contributed by atoms with Crippen molar-refractivity contribution in [3.05, 3.63) is 52.4 Å². The van der Waals surface area contributed by atoms with E-state index in [-0.39, 0.29) is 5.56 Å². The van der Waals surface area contributed by atoms with Crippen LogP contribution >= 0.6 is 0 Å². The normalized spacial score (nSPS) is 10.4. The molecule has 0 saturated heterocycles. The van der Waals surface area contributed by atoms with Gasteiger partial charge in [0.2, 0.25) is 0 Å². The first-order valence-electron chi connectivity index (χ1n) is 5.36. The molecular weight excluding hydrogens is 200 g/mol. The Morgan fingerprint density at radius 2 is 1.94 bits per heavy atom. The maximum absolute atomic E-state index is 11.9. The predicted octanol–water partition coefficient (Wildman–Crippen LogP) is 2.24. The van der Waals surface area contributed by atoms with E-state index in [4.69, 9.17) is 0 Å². The minimum atomic E-state index is 0.0383. The Bertz CT molecular complexity index is 544. The second kappa shape index (κ2) is 4.31. The molecule has 2 rings (SSSR count). The van der Waals surface area contributed by atoms with E-state index in [9.17, 15) is 4.79 Å². The van der Waals surface area contributed by atoms with Gasteiger partial charge in [0.1, 0.15) is 5.82 Å². The molecule has 1 heterocycles. The highest BCUT2D eigenvalue weighted by atomic mass is 16.1. The summed E-state index contributed by atoms with van der Waals surface area (Å²) in [6.07, 6.45) is 1.64. The second-order valence-corrected chi connectivity index (χ2v) is 3.68. The predicted molar refractivity (Wildman–Crippen MR) is 64.3 cm³/mol. The van der Waals surface area contributed by atoms with Gasteiger partial charge >= 0.3 is 0 Å². The molecule has 1 aromatic carbocycles. The van der Waals surface area contributed by atoms with Crippen LogP contribution < -0.4 is 5.56 Å². The van der Waals surface area contributed by atoms with Crippen molar-refractivity contribution >= 4 is 0 Å². The lowest BCUT2D eigenvalue weighted by atomic mass is 10.2. The molecule has 0 aliphatic heterocycles. The number of hydrogen-bond donors (Lipinski definition) is 0. The van der Waals surface area contributed by atoms with Crippen LogP contribution in [0.15, 0.2) is 41.3 Å². The van der Waals surface area contributed by atoms with E-state index in [1.807, 2.05) is 37.3 Å². The van der Waals surface area contributed by atoms with Crippen LogP contribution in [-0.4, -0.2) is 9.55 Å². The lowest BCUT2D eigenvalue weighted by Gasteiger charge is -2.10.